The van der Waals surface area contributed by atoms with Gasteiger partial charge < -0.3 is 5.11 Å². The molecule has 5 heteroatoms. The second-order valence-electron chi connectivity index (χ2n) is 6.33. The van der Waals surface area contributed by atoms with Gasteiger partial charge in [-0.2, -0.15) is 0 Å². The molecule has 1 atom stereocenters. The van der Waals surface area contributed by atoms with Crippen LogP contribution in [-0.4, -0.2) is 15.1 Å². The second-order valence-corrected chi connectivity index (χ2v) is 7.17. The molecular formula is C22H16Cl2N2O. The van der Waals surface area contributed by atoms with E-state index in [9.17, 15) is 5.11 Å². The van der Waals surface area contributed by atoms with Crippen LogP contribution in [0.2, 0.25) is 10.0 Å². The van der Waals surface area contributed by atoms with E-state index in [1.165, 1.54) is 0 Å². The lowest BCUT2D eigenvalue weighted by Gasteiger charge is -2.20. The highest BCUT2D eigenvalue weighted by Crippen LogP contribution is 2.40. The molecule has 0 amide bonds. The fraction of sp³-hybridized carbons (Fsp3) is 0.0909. The first kappa shape index (κ1) is 17.8. The maximum atomic E-state index is 11.0. The Kier molecular flexibility index (Phi) is 4.97. The Bertz CT molecular complexity index is 1100. The molecule has 1 N–H and O–H groups in total. The van der Waals surface area contributed by atoms with E-state index in [4.69, 9.17) is 23.2 Å². The van der Waals surface area contributed by atoms with Crippen LogP contribution in [0.15, 0.2) is 73.1 Å². The zero-order chi connectivity index (χ0) is 18.8. The molecular weight excluding hydrogens is 379 g/mol. The SMILES string of the molecule is Oc1c(C(Cc2ccccn2)c2cccc(Cl)c2)cc(Cl)c2cccnc12. The topological polar surface area (TPSA) is 46.0 Å². The van der Waals surface area contributed by atoms with Gasteiger partial charge in [-0.1, -0.05) is 41.4 Å². The number of hydrogen-bond acceptors (Lipinski definition) is 3. The van der Waals surface area contributed by atoms with Crippen LogP contribution in [0.1, 0.15) is 22.7 Å². The predicted molar refractivity (Wildman–Crippen MR) is 110 cm³/mol. The molecule has 0 fully saturated rings. The van der Waals surface area contributed by atoms with E-state index in [2.05, 4.69) is 9.97 Å². The van der Waals surface area contributed by atoms with E-state index in [0.29, 0.717) is 27.5 Å². The molecule has 27 heavy (non-hydrogen) atoms. The van der Waals surface area contributed by atoms with Gasteiger partial charge in [-0.15, -0.1) is 0 Å². The molecule has 0 aliphatic heterocycles. The van der Waals surface area contributed by atoms with Crippen LogP contribution in [0.25, 0.3) is 10.9 Å². The number of rotatable bonds is 4. The molecule has 0 aliphatic carbocycles. The van der Waals surface area contributed by atoms with Crippen molar-refractivity contribution in [2.45, 2.75) is 12.3 Å². The lowest BCUT2D eigenvalue weighted by molar-refractivity contribution is 0.469. The van der Waals surface area contributed by atoms with Gasteiger partial charge in [0.1, 0.15) is 11.3 Å². The molecule has 3 nitrogen and oxygen atoms in total. The Morgan fingerprint density at radius 3 is 2.52 bits per heavy atom. The number of hydrogen-bond donors (Lipinski definition) is 1. The third-order valence-electron chi connectivity index (χ3n) is 4.61. The van der Waals surface area contributed by atoms with E-state index >= 15 is 0 Å². The number of nitrogens with zero attached hydrogens (tertiary/aromatic N) is 2. The van der Waals surface area contributed by atoms with Gasteiger partial charge in [-0.05, 0) is 48.0 Å². The Hall–Kier alpha value is -2.62. The second kappa shape index (κ2) is 7.55. The van der Waals surface area contributed by atoms with Crippen molar-refractivity contribution in [2.24, 2.45) is 0 Å². The Morgan fingerprint density at radius 1 is 0.889 bits per heavy atom. The normalized spacial score (nSPS) is 12.2. The van der Waals surface area contributed by atoms with Gasteiger partial charge in [0.2, 0.25) is 0 Å². The number of phenols is 1. The van der Waals surface area contributed by atoms with Gasteiger partial charge in [-0.3, -0.25) is 9.97 Å². The maximum absolute atomic E-state index is 11.0. The lowest BCUT2D eigenvalue weighted by atomic mass is 9.86. The molecule has 2 aromatic carbocycles. The van der Waals surface area contributed by atoms with E-state index < -0.39 is 0 Å². The highest BCUT2D eigenvalue weighted by molar-refractivity contribution is 6.35. The highest BCUT2D eigenvalue weighted by Gasteiger charge is 2.22. The third kappa shape index (κ3) is 3.61. The van der Waals surface area contributed by atoms with Crippen LogP contribution in [0.3, 0.4) is 0 Å². The largest absolute Gasteiger partial charge is 0.505 e. The molecule has 0 bridgehead atoms. The Labute approximate surface area is 167 Å². The number of aromatic nitrogens is 2. The molecule has 1 unspecified atom stereocenters. The van der Waals surface area contributed by atoms with Gasteiger partial charge in [-0.25, -0.2) is 0 Å². The molecule has 134 valence electrons. The zero-order valence-electron chi connectivity index (χ0n) is 14.3. The standard InChI is InChI=1S/C22H16Cl2N2O/c23-15-6-3-5-14(11-15)18(12-16-7-1-2-9-25-16)19-13-20(24)17-8-4-10-26-21(17)22(19)27/h1-11,13,18,27H,12H2. The minimum Gasteiger partial charge on any atom is -0.505 e. The summed E-state index contributed by atoms with van der Waals surface area (Å²) in [5.74, 6) is -0.0292. The first-order chi connectivity index (χ1) is 13.1. The summed E-state index contributed by atoms with van der Waals surface area (Å²) < 4.78 is 0. The highest BCUT2D eigenvalue weighted by atomic mass is 35.5. The van der Waals surface area contributed by atoms with E-state index in [1.54, 1.807) is 18.5 Å². The summed E-state index contributed by atoms with van der Waals surface area (Å²) in [6.07, 6.45) is 4.01. The number of phenolic OH excluding ortho intramolecular Hbond substituents is 1. The van der Waals surface area contributed by atoms with Crippen molar-refractivity contribution in [1.82, 2.24) is 9.97 Å². The van der Waals surface area contributed by atoms with Crippen molar-refractivity contribution in [1.29, 1.82) is 0 Å². The van der Waals surface area contributed by atoms with Gasteiger partial charge in [0, 0.05) is 46.4 Å². The van der Waals surface area contributed by atoms with Crippen LogP contribution < -0.4 is 0 Å². The molecule has 4 aromatic rings. The summed E-state index contributed by atoms with van der Waals surface area (Å²) in [7, 11) is 0. The van der Waals surface area contributed by atoms with Crippen molar-refractivity contribution >= 4 is 34.1 Å². The molecule has 2 heterocycles. The fourth-order valence-electron chi connectivity index (χ4n) is 3.33. The molecule has 0 spiro atoms. The average Bonchev–Trinajstić information content (AvgIpc) is 2.70. The summed E-state index contributed by atoms with van der Waals surface area (Å²) in [5.41, 5.74) is 3.10. The number of aromatic hydroxyl groups is 1. The lowest BCUT2D eigenvalue weighted by Crippen LogP contribution is -2.07. The number of pyridine rings is 2. The number of benzene rings is 2. The fourth-order valence-corrected chi connectivity index (χ4v) is 3.80. The third-order valence-corrected chi connectivity index (χ3v) is 5.16. The molecule has 0 radical (unpaired) electrons. The van der Waals surface area contributed by atoms with Crippen molar-refractivity contribution in [3.05, 3.63) is 99.9 Å². The number of halogens is 2. The Balaban J connectivity index is 1.91. The van der Waals surface area contributed by atoms with Crippen molar-refractivity contribution in [3.63, 3.8) is 0 Å². The minimum absolute atomic E-state index is 0.135. The van der Waals surface area contributed by atoms with Crippen LogP contribution in [0, 0.1) is 0 Å². The van der Waals surface area contributed by atoms with E-state index in [1.807, 2.05) is 54.6 Å². The van der Waals surface area contributed by atoms with Crippen molar-refractivity contribution in [2.75, 3.05) is 0 Å². The minimum atomic E-state index is -0.164. The van der Waals surface area contributed by atoms with E-state index in [0.717, 1.165) is 16.6 Å². The van der Waals surface area contributed by atoms with Crippen LogP contribution in [-0.2, 0) is 6.42 Å². The zero-order valence-corrected chi connectivity index (χ0v) is 15.8. The summed E-state index contributed by atoms with van der Waals surface area (Å²) >= 11 is 12.7. The summed E-state index contributed by atoms with van der Waals surface area (Å²) in [5, 5.41) is 12.9. The summed E-state index contributed by atoms with van der Waals surface area (Å²) in [6, 6.07) is 18.9. The Morgan fingerprint density at radius 2 is 1.74 bits per heavy atom. The summed E-state index contributed by atoms with van der Waals surface area (Å²) in [4.78, 5) is 8.77. The predicted octanol–water partition coefficient (Wildman–Crippen LogP) is 6.02. The monoisotopic (exact) mass is 394 g/mol. The van der Waals surface area contributed by atoms with Crippen molar-refractivity contribution in [3.8, 4) is 5.75 Å². The van der Waals surface area contributed by atoms with Gasteiger partial charge in [0.05, 0.1) is 5.02 Å². The number of fused-ring (bicyclic) bond motifs is 1. The maximum Gasteiger partial charge on any atom is 0.145 e. The van der Waals surface area contributed by atoms with Crippen LogP contribution >= 0.6 is 23.2 Å². The first-order valence-electron chi connectivity index (χ1n) is 8.55. The smallest absolute Gasteiger partial charge is 0.145 e. The van der Waals surface area contributed by atoms with Gasteiger partial charge in [0.25, 0.3) is 0 Å². The van der Waals surface area contributed by atoms with Crippen molar-refractivity contribution < 1.29 is 5.11 Å². The van der Waals surface area contributed by atoms with E-state index in [-0.39, 0.29) is 11.7 Å². The van der Waals surface area contributed by atoms with Crippen LogP contribution in [0.5, 0.6) is 5.75 Å². The van der Waals surface area contributed by atoms with Gasteiger partial charge >= 0.3 is 0 Å². The molecule has 0 saturated carbocycles. The quantitative estimate of drug-likeness (QED) is 0.460. The first-order valence-corrected chi connectivity index (χ1v) is 9.30. The van der Waals surface area contributed by atoms with Gasteiger partial charge in [0.15, 0.2) is 0 Å². The molecule has 2 aromatic heterocycles. The molecule has 4 rings (SSSR count). The molecule has 0 saturated heterocycles. The van der Waals surface area contributed by atoms with Crippen LogP contribution in [0.4, 0.5) is 0 Å². The summed E-state index contributed by atoms with van der Waals surface area (Å²) in [6.45, 7) is 0. The molecule has 0 aliphatic rings. The average molecular weight is 395 g/mol.